The standard InChI is InChI=1S/C13H20ClN3/c1-13(2)5-3-6-16-12(13)9-17-11-4-7-15-8-10(11)14/h4,7-8,12,16H,3,5-6,9H2,1-2H3,(H,15,17). The molecule has 1 unspecified atom stereocenters. The molecule has 1 fully saturated rings. The Labute approximate surface area is 108 Å². The van der Waals surface area contributed by atoms with Gasteiger partial charge in [0.05, 0.1) is 10.7 Å². The van der Waals surface area contributed by atoms with Crippen LogP contribution in [0.5, 0.6) is 0 Å². The maximum absolute atomic E-state index is 6.07. The number of piperidine rings is 1. The lowest BCUT2D eigenvalue weighted by molar-refractivity contribution is 0.188. The van der Waals surface area contributed by atoms with Crippen LogP contribution in [0.3, 0.4) is 0 Å². The van der Waals surface area contributed by atoms with E-state index in [-0.39, 0.29) is 0 Å². The summed E-state index contributed by atoms with van der Waals surface area (Å²) in [5, 5.41) is 7.66. The highest BCUT2D eigenvalue weighted by atomic mass is 35.5. The fourth-order valence-corrected chi connectivity index (χ4v) is 2.54. The van der Waals surface area contributed by atoms with E-state index < -0.39 is 0 Å². The topological polar surface area (TPSA) is 37.0 Å². The zero-order valence-electron chi connectivity index (χ0n) is 10.5. The lowest BCUT2D eigenvalue weighted by Crippen LogP contribution is -2.50. The molecule has 1 aromatic heterocycles. The molecular weight excluding hydrogens is 234 g/mol. The van der Waals surface area contributed by atoms with Gasteiger partial charge in [0.25, 0.3) is 0 Å². The number of hydrogen-bond acceptors (Lipinski definition) is 3. The zero-order chi connectivity index (χ0) is 12.3. The van der Waals surface area contributed by atoms with Crippen molar-refractivity contribution in [2.45, 2.75) is 32.7 Å². The number of hydrogen-bond donors (Lipinski definition) is 2. The van der Waals surface area contributed by atoms with Crippen LogP contribution in [-0.2, 0) is 0 Å². The zero-order valence-corrected chi connectivity index (χ0v) is 11.2. The molecule has 17 heavy (non-hydrogen) atoms. The van der Waals surface area contributed by atoms with Crippen molar-refractivity contribution in [1.82, 2.24) is 10.3 Å². The van der Waals surface area contributed by atoms with Crippen LogP contribution in [0.25, 0.3) is 0 Å². The summed E-state index contributed by atoms with van der Waals surface area (Å²) in [6.45, 7) is 6.65. The Morgan fingerprint density at radius 2 is 2.41 bits per heavy atom. The number of aromatic nitrogens is 1. The molecule has 2 rings (SSSR count). The Balaban J connectivity index is 1.96. The molecule has 1 aliphatic heterocycles. The van der Waals surface area contributed by atoms with Crippen LogP contribution in [0.1, 0.15) is 26.7 Å². The maximum atomic E-state index is 6.07. The lowest BCUT2D eigenvalue weighted by atomic mass is 9.77. The summed E-state index contributed by atoms with van der Waals surface area (Å²) in [5.41, 5.74) is 1.30. The molecule has 1 aromatic rings. The average molecular weight is 254 g/mol. The van der Waals surface area contributed by atoms with Gasteiger partial charge in [-0.25, -0.2) is 0 Å². The van der Waals surface area contributed by atoms with E-state index in [0.29, 0.717) is 16.5 Å². The Bertz CT molecular complexity index is 379. The van der Waals surface area contributed by atoms with Gasteiger partial charge in [-0.2, -0.15) is 0 Å². The number of rotatable bonds is 3. The summed E-state index contributed by atoms with van der Waals surface area (Å²) >= 11 is 6.07. The molecule has 0 aromatic carbocycles. The fourth-order valence-electron chi connectivity index (χ4n) is 2.35. The Morgan fingerprint density at radius 3 is 3.12 bits per heavy atom. The predicted octanol–water partition coefficient (Wildman–Crippen LogP) is 2.93. The molecule has 0 amide bonds. The summed E-state index contributed by atoms with van der Waals surface area (Å²) in [7, 11) is 0. The van der Waals surface area contributed by atoms with Crippen molar-refractivity contribution in [1.29, 1.82) is 0 Å². The second kappa shape index (κ2) is 5.23. The summed E-state index contributed by atoms with van der Waals surface area (Å²) in [4.78, 5) is 3.98. The van der Waals surface area contributed by atoms with Gasteiger partial charge in [-0.1, -0.05) is 25.4 Å². The molecule has 0 spiro atoms. The van der Waals surface area contributed by atoms with Crippen LogP contribution in [0, 0.1) is 5.41 Å². The second-order valence-corrected chi connectivity index (χ2v) is 5.74. The van der Waals surface area contributed by atoms with E-state index in [1.54, 1.807) is 12.4 Å². The molecule has 0 bridgehead atoms. The quantitative estimate of drug-likeness (QED) is 0.870. The van der Waals surface area contributed by atoms with Gasteiger partial charge in [-0.3, -0.25) is 4.98 Å². The summed E-state index contributed by atoms with van der Waals surface area (Å²) in [5.74, 6) is 0. The molecule has 2 heterocycles. The van der Waals surface area contributed by atoms with Crippen LogP contribution in [0.2, 0.25) is 5.02 Å². The highest BCUT2D eigenvalue weighted by Gasteiger charge is 2.31. The Hall–Kier alpha value is -0.800. The van der Waals surface area contributed by atoms with E-state index in [4.69, 9.17) is 11.6 Å². The van der Waals surface area contributed by atoms with Gasteiger partial charge >= 0.3 is 0 Å². The molecule has 3 nitrogen and oxygen atoms in total. The van der Waals surface area contributed by atoms with E-state index in [1.807, 2.05) is 6.07 Å². The lowest BCUT2D eigenvalue weighted by Gasteiger charge is -2.39. The van der Waals surface area contributed by atoms with Crippen molar-refractivity contribution >= 4 is 17.3 Å². The smallest absolute Gasteiger partial charge is 0.0820 e. The molecule has 4 heteroatoms. The Morgan fingerprint density at radius 1 is 1.59 bits per heavy atom. The van der Waals surface area contributed by atoms with E-state index in [2.05, 4.69) is 29.5 Å². The predicted molar refractivity (Wildman–Crippen MR) is 72.5 cm³/mol. The monoisotopic (exact) mass is 253 g/mol. The fraction of sp³-hybridized carbons (Fsp3) is 0.615. The van der Waals surface area contributed by atoms with Crippen molar-refractivity contribution in [2.75, 3.05) is 18.4 Å². The minimum Gasteiger partial charge on any atom is -0.382 e. The van der Waals surface area contributed by atoms with Crippen LogP contribution in [0.4, 0.5) is 5.69 Å². The van der Waals surface area contributed by atoms with Crippen molar-refractivity contribution in [3.8, 4) is 0 Å². The van der Waals surface area contributed by atoms with Crippen molar-refractivity contribution in [3.05, 3.63) is 23.5 Å². The first kappa shape index (κ1) is 12.7. The third kappa shape index (κ3) is 3.11. The first-order valence-corrected chi connectivity index (χ1v) is 6.54. The SMILES string of the molecule is CC1(C)CCCNC1CNc1ccncc1Cl. The average Bonchev–Trinajstić information content (AvgIpc) is 2.29. The number of nitrogens with one attached hydrogen (secondary N) is 2. The third-order valence-electron chi connectivity index (χ3n) is 3.60. The minimum atomic E-state index is 0.338. The molecule has 1 aliphatic rings. The van der Waals surface area contributed by atoms with Gasteiger partial charge in [0.2, 0.25) is 0 Å². The molecular formula is C13H20ClN3. The van der Waals surface area contributed by atoms with E-state index in [1.165, 1.54) is 12.8 Å². The van der Waals surface area contributed by atoms with Crippen LogP contribution < -0.4 is 10.6 Å². The molecule has 0 aliphatic carbocycles. The highest BCUT2D eigenvalue weighted by Crippen LogP contribution is 2.30. The van der Waals surface area contributed by atoms with Crippen molar-refractivity contribution < 1.29 is 0 Å². The maximum Gasteiger partial charge on any atom is 0.0820 e. The summed E-state index contributed by atoms with van der Waals surface area (Å²) < 4.78 is 0. The molecule has 1 atom stereocenters. The molecule has 0 radical (unpaired) electrons. The number of halogens is 1. The number of anilines is 1. The van der Waals surface area contributed by atoms with E-state index >= 15 is 0 Å². The first-order valence-electron chi connectivity index (χ1n) is 6.16. The van der Waals surface area contributed by atoms with Gasteiger partial charge < -0.3 is 10.6 Å². The number of nitrogens with zero attached hydrogens (tertiary/aromatic N) is 1. The third-order valence-corrected chi connectivity index (χ3v) is 3.90. The van der Waals surface area contributed by atoms with E-state index in [0.717, 1.165) is 18.8 Å². The van der Waals surface area contributed by atoms with Crippen molar-refractivity contribution in [3.63, 3.8) is 0 Å². The van der Waals surface area contributed by atoms with Gasteiger partial charge in [0.15, 0.2) is 0 Å². The Kier molecular flexibility index (Phi) is 3.89. The largest absolute Gasteiger partial charge is 0.382 e. The normalized spacial score (nSPS) is 23.4. The molecule has 2 N–H and O–H groups in total. The van der Waals surface area contributed by atoms with Crippen LogP contribution >= 0.6 is 11.6 Å². The van der Waals surface area contributed by atoms with Gasteiger partial charge in [0, 0.05) is 25.0 Å². The van der Waals surface area contributed by atoms with E-state index in [9.17, 15) is 0 Å². The van der Waals surface area contributed by atoms with Crippen LogP contribution in [0.15, 0.2) is 18.5 Å². The highest BCUT2D eigenvalue weighted by molar-refractivity contribution is 6.33. The molecule has 0 saturated carbocycles. The van der Waals surface area contributed by atoms with Gasteiger partial charge in [-0.15, -0.1) is 0 Å². The number of pyridine rings is 1. The minimum absolute atomic E-state index is 0.338. The van der Waals surface area contributed by atoms with Crippen LogP contribution in [-0.4, -0.2) is 24.1 Å². The summed E-state index contributed by atoms with van der Waals surface area (Å²) in [6.07, 6.45) is 5.97. The van der Waals surface area contributed by atoms with Crippen molar-refractivity contribution in [2.24, 2.45) is 5.41 Å². The summed E-state index contributed by atoms with van der Waals surface area (Å²) in [6, 6.07) is 2.40. The molecule has 1 saturated heterocycles. The second-order valence-electron chi connectivity index (χ2n) is 5.34. The molecule has 94 valence electrons. The van der Waals surface area contributed by atoms with Gasteiger partial charge in [0.1, 0.15) is 0 Å². The van der Waals surface area contributed by atoms with Gasteiger partial charge in [-0.05, 0) is 30.9 Å². The first-order chi connectivity index (χ1) is 8.09.